The maximum Gasteiger partial charge on any atom is 0.409 e. The van der Waals surface area contributed by atoms with E-state index in [4.69, 9.17) is 9.84 Å². The van der Waals surface area contributed by atoms with Crippen LogP contribution in [0.5, 0.6) is 0 Å². The van der Waals surface area contributed by atoms with Crippen LogP contribution in [0.1, 0.15) is 32.1 Å². The van der Waals surface area contributed by atoms with E-state index in [0.29, 0.717) is 5.41 Å². The lowest BCUT2D eigenvalue weighted by molar-refractivity contribution is 0.0219. The molecule has 1 heterocycles. The highest BCUT2D eigenvalue weighted by atomic mass is 16.6. The van der Waals surface area contributed by atoms with Gasteiger partial charge < -0.3 is 14.7 Å². The second kappa shape index (κ2) is 4.39. The maximum atomic E-state index is 11.5. The van der Waals surface area contributed by atoms with E-state index in [9.17, 15) is 4.79 Å². The summed E-state index contributed by atoms with van der Waals surface area (Å²) in [6.45, 7) is 1.67. The van der Waals surface area contributed by atoms with Crippen LogP contribution < -0.4 is 0 Å². The number of carbonyl (C=O) groups is 1. The zero-order chi connectivity index (χ0) is 10.7. The zero-order valence-corrected chi connectivity index (χ0v) is 9.07. The maximum absolute atomic E-state index is 11.5. The van der Waals surface area contributed by atoms with Gasteiger partial charge in [-0.15, -0.1) is 0 Å². The van der Waals surface area contributed by atoms with Crippen LogP contribution in [0.2, 0.25) is 0 Å². The Labute approximate surface area is 90.2 Å². The van der Waals surface area contributed by atoms with Crippen molar-refractivity contribution in [2.45, 2.75) is 32.1 Å². The molecule has 86 valence electrons. The van der Waals surface area contributed by atoms with Gasteiger partial charge in [0.25, 0.3) is 0 Å². The molecule has 1 saturated carbocycles. The van der Waals surface area contributed by atoms with E-state index in [1.807, 2.05) is 0 Å². The Kier molecular flexibility index (Phi) is 3.14. The van der Waals surface area contributed by atoms with Gasteiger partial charge in [-0.05, 0) is 31.1 Å². The predicted octanol–water partition coefficient (Wildman–Crippen LogP) is 1.38. The fraction of sp³-hybridized carbons (Fsp3) is 0.909. The highest BCUT2D eigenvalue weighted by Gasteiger charge is 2.40. The second-order valence-electron chi connectivity index (χ2n) is 4.68. The molecular weight excluding hydrogens is 194 g/mol. The number of aliphatic hydroxyl groups excluding tert-OH is 1. The molecule has 15 heavy (non-hydrogen) atoms. The molecule has 0 aromatic carbocycles. The fourth-order valence-corrected chi connectivity index (χ4v) is 2.56. The Morgan fingerprint density at radius 2 is 1.93 bits per heavy atom. The molecule has 1 aliphatic heterocycles. The van der Waals surface area contributed by atoms with Gasteiger partial charge in [0.2, 0.25) is 0 Å². The fourth-order valence-electron chi connectivity index (χ4n) is 2.56. The van der Waals surface area contributed by atoms with Gasteiger partial charge in [0.1, 0.15) is 6.61 Å². The topological polar surface area (TPSA) is 49.8 Å². The van der Waals surface area contributed by atoms with Crippen molar-refractivity contribution in [2.24, 2.45) is 5.41 Å². The summed E-state index contributed by atoms with van der Waals surface area (Å²) in [6, 6.07) is 0. The first-order chi connectivity index (χ1) is 7.26. The van der Waals surface area contributed by atoms with Gasteiger partial charge in [-0.25, -0.2) is 4.79 Å². The molecule has 0 aromatic heterocycles. The Morgan fingerprint density at radius 1 is 1.27 bits per heavy atom. The molecule has 4 nitrogen and oxygen atoms in total. The Balaban J connectivity index is 1.75. The van der Waals surface area contributed by atoms with Crippen LogP contribution in [-0.2, 0) is 4.74 Å². The van der Waals surface area contributed by atoms with Crippen molar-refractivity contribution in [3.8, 4) is 0 Å². The van der Waals surface area contributed by atoms with E-state index in [-0.39, 0.29) is 19.3 Å². The lowest BCUT2D eigenvalue weighted by Gasteiger charge is -2.47. The predicted molar refractivity (Wildman–Crippen MR) is 55.5 cm³/mol. The van der Waals surface area contributed by atoms with E-state index < -0.39 is 0 Å². The Hall–Kier alpha value is -0.770. The molecule has 1 spiro atoms. The summed E-state index contributed by atoms with van der Waals surface area (Å²) in [4.78, 5) is 13.2. The van der Waals surface area contributed by atoms with E-state index in [1.54, 1.807) is 4.90 Å². The molecule has 1 N–H and O–H groups in total. The molecule has 0 aromatic rings. The van der Waals surface area contributed by atoms with Gasteiger partial charge in [-0.3, -0.25) is 0 Å². The average molecular weight is 213 g/mol. The standard InChI is InChI=1S/C11H19NO3/c13-8-9-15-10(14)12-6-4-11(5-7-12)2-1-3-11/h13H,1-9H2. The number of piperidine rings is 1. The quantitative estimate of drug-likeness (QED) is 0.754. The van der Waals surface area contributed by atoms with E-state index in [2.05, 4.69) is 0 Å². The largest absolute Gasteiger partial charge is 0.447 e. The van der Waals surface area contributed by atoms with Gasteiger partial charge in [0, 0.05) is 13.1 Å². The first-order valence-corrected chi connectivity index (χ1v) is 5.78. The van der Waals surface area contributed by atoms with Crippen LogP contribution in [0.3, 0.4) is 0 Å². The van der Waals surface area contributed by atoms with Crippen LogP contribution in [-0.4, -0.2) is 42.4 Å². The van der Waals surface area contributed by atoms with E-state index in [1.165, 1.54) is 19.3 Å². The number of ether oxygens (including phenoxy) is 1. The highest BCUT2D eigenvalue weighted by molar-refractivity contribution is 5.67. The minimum atomic E-state index is -0.266. The third-order valence-electron chi connectivity index (χ3n) is 3.81. The van der Waals surface area contributed by atoms with Crippen molar-refractivity contribution in [3.05, 3.63) is 0 Å². The number of aliphatic hydroxyl groups is 1. The van der Waals surface area contributed by atoms with Crippen molar-refractivity contribution in [3.63, 3.8) is 0 Å². The average Bonchev–Trinajstić information content (AvgIpc) is 2.24. The van der Waals surface area contributed by atoms with Crippen LogP contribution in [0.25, 0.3) is 0 Å². The molecule has 0 unspecified atom stereocenters. The molecule has 0 radical (unpaired) electrons. The number of likely N-dealkylation sites (tertiary alicyclic amines) is 1. The van der Waals surface area contributed by atoms with Crippen LogP contribution in [0.15, 0.2) is 0 Å². The molecule has 1 saturated heterocycles. The minimum Gasteiger partial charge on any atom is -0.447 e. The lowest BCUT2D eigenvalue weighted by Crippen LogP contribution is -2.46. The highest BCUT2D eigenvalue weighted by Crippen LogP contribution is 2.48. The van der Waals surface area contributed by atoms with E-state index >= 15 is 0 Å². The van der Waals surface area contributed by atoms with Gasteiger partial charge in [0.15, 0.2) is 0 Å². The normalized spacial score (nSPS) is 23.7. The summed E-state index contributed by atoms with van der Waals surface area (Å²) in [5, 5.41) is 8.55. The first-order valence-electron chi connectivity index (χ1n) is 5.78. The number of hydrogen-bond acceptors (Lipinski definition) is 3. The second-order valence-corrected chi connectivity index (χ2v) is 4.68. The molecular formula is C11H19NO3. The third-order valence-corrected chi connectivity index (χ3v) is 3.81. The number of nitrogens with zero attached hydrogens (tertiary/aromatic N) is 1. The summed E-state index contributed by atoms with van der Waals surface area (Å²) in [5.41, 5.74) is 0.563. The SMILES string of the molecule is O=C(OCCO)N1CCC2(CCC2)CC1. The van der Waals surface area contributed by atoms with Crippen molar-refractivity contribution in [1.82, 2.24) is 4.90 Å². The third kappa shape index (κ3) is 2.25. The Morgan fingerprint density at radius 3 is 2.40 bits per heavy atom. The summed E-state index contributed by atoms with van der Waals surface area (Å²) in [6.07, 6.45) is 6.02. The smallest absolute Gasteiger partial charge is 0.409 e. The molecule has 0 atom stereocenters. The zero-order valence-electron chi connectivity index (χ0n) is 9.07. The summed E-state index contributed by atoms with van der Waals surface area (Å²) >= 11 is 0. The number of hydrogen-bond donors (Lipinski definition) is 1. The van der Waals surface area contributed by atoms with Crippen LogP contribution in [0.4, 0.5) is 4.79 Å². The molecule has 2 aliphatic rings. The summed E-state index contributed by atoms with van der Waals surface area (Å²) < 4.78 is 4.89. The number of amides is 1. The lowest BCUT2D eigenvalue weighted by atomic mass is 9.63. The van der Waals surface area contributed by atoms with Gasteiger partial charge >= 0.3 is 6.09 Å². The number of carbonyl (C=O) groups excluding carboxylic acids is 1. The molecule has 2 rings (SSSR count). The van der Waals surface area contributed by atoms with E-state index in [0.717, 1.165) is 25.9 Å². The summed E-state index contributed by atoms with van der Waals surface area (Å²) in [7, 11) is 0. The van der Waals surface area contributed by atoms with Crippen molar-refractivity contribution >= 4 is 6.09 Å². The van der Waals surface area contributed by atoms with Crippen molar-refractivity contribution < 1.29 is 14.6 Å². The van der Waals surface area contributed by atoms with Crippen LogP contribution in [0, 0.1) is 5.41 Å². The minimum absolute atomic E-state index is 0.0937. The van der Waals surface area contributed by atoms with Gasteiger partial charge in [-0.2, -0.15) is 0 Å². The van der Waals surface area contributed by atoms with Crippen LogP contribution >= 0.6 is 0 Å². The molecule has 1 aliphatic carbocycles. The number of rotatable bonds is 2. The molecule has 0 bridgehead atoms. The van der Waals surface area contributed by atoms with Crippen molar-refractivity contribution in [2.75, 3.05) is 26.3 Å². The van der Waals surface area contributed by atoms with Gasteiger partial charge in [0.05, 0.1) is 6.61 Å². The first kappa shape index (κ1) is 10.7. The molecule has 4 heteroatoms. The van der Waals surface area contributed by atoms with Crippen molar-refractivity contribution in [1.29, 1.82) is 0 Å². The van der Waals surface area contributed by atoms with Gasteiger partial charge in [-0.1, -0.05) is 6.42 Å². The monoisotopic (exact) mass is 213 g/mol. The Bertz CT molecular complexity index is 228. The molecule has 2 fully saturated rings. The molecule has 1 amide bonds. The summed E-state index contributed by atoms with van der Waals surface area (Å²) in [5.74, 6) is 0.